The first-order chi connectivity index (χ1) is 11.7. The molecule has 0 saturated heterocycles. The highest BCUT2D eigenvalue weighted by molar-refractivity contribution is 5.75. The molecule has 0 aromatic heterocycles. The van der Waals surface area contributed by atoms with Crippen molar-refractivity contribution in [3.05, 3.63) is 60.2 Å². The molecule has 24 heavy (non-hydrogen) atoms. The van der Waals surface area contributed by atoms with Gasteiger partial charge in [0.1, 0.15) is 18.1 Å². The van der Waals surface area contributed by atoms with Crippen LogP contribution in [0.1, 0.15) is 12.5 Å². The molecule has 0 saturated carbocycles. The lowest BCUT2D eigenvalue weighted by molar-refractivity contribution is -0.151. The Hall–Kier alpha value is -2.53. The molecule has 2 aromatic carbocycles. The maximum absolute atomic E-state index is 12.2. The van der Waals surface area contributed by atoms with Crippen LogP contribution in [0.2, 0.25) is 0 Å². The van der Waals surface area contributed by atoms with E-state index in [1.165, 1.54) is 0 Å². The normalized spacial score (nSPS) is 11.6. The molecule has 0 radical (unpaired) electrons. The Balaban J connectivity index is 2.05. The molecule has 0 heterocycles. The average molecular weight is 329 g/mol. The van der Waals surface area contributed by atoms with E-state index in [4.69, 9.17) is 19.9 Å². The molecule has 0 aliphatic heterocycles. The van der Waals surface area contributed by atoms with E-state index in [2.05, 4.69) is 0 Å². The molecular formula is C19H23NO4. The lowest BCUT2D eigenvalue weighted by atomic mass is 10.1. The summed E-state index contributed by atoms with van der Waals surface area (Å²) in [6, 6.07) is 16.8. The second-order valence-corrected chi connectivity index (χ2v) is 5.16. The zero-order valence-corrected chi connectivity index (χ0v) is 13.8. The summed E-state index contributed by atoms with van der Waals surface area (Å²) in [5.74, 6) is 1.02. The Morgan fingerprint density at radius 1 is 1.04 bits per heavy atom. The minimum Gasteiger partial charge on any atom is -0.492 e. The molecule has 2 rings (SSSR count). The zero-order chi connectivity index (χ0) is 17.2. The van der Waals surface area contributed by atoms with Crippen molar-refractivity contribution in [1.82, 2.24) is 0 Å². The van der Waals surface area contributed by atoms with Crippen LogP contribution in [0.15, 0.2) is 54.6 Å². The van der Waals surface area contributed by atoms with Crippen molar-refractivity contribution < 1.29 is 19.0 Å². The first-order valence-corrected chi connectivity index (χ1v) is 8.03. The minimum atomic E-state index is -0.692. The summed E-state index contributed by atoms with van der Waals surface area (Å²) >= 11 is 0. The van der Waals surface area contributed by atoms with E-state index in [1.807, 2.05) is 54.6 Å². The molecule has 2 aromatic rings. The molecule has 0 aliphatic carbocycles. The number of hydrogen-bond acceptors (Lipinski definition) is 5. The monoisotopic (exact) mass is 329 g/mol. The third kappa shape index (κ3) is 5.59. The van der Waals surface area contributed by atoms with Crippen LogP contribution in [0.25, 0.3) is 0 Å². The van der Waals surface area contributed by atoms with Gasteiger partial charge in [0, 0.05) is 13.0 Å². The van der Waals surface area contributed by atoms with Gasteiger partial charge >= 0.3 is 5.97 Å². The second kappa shape index (κ2) is 9.57. The van der Waals surface area contributed by atoms with Gasteiger partial charge in [-0.3, -0.25) is 0 Å². The van der Waals surface area contributed by atoms with Crippen LogP contribution in [-0.2, 0) is 16.0 Å². The van der Waals surface area contributed by atoms with Gasteiger partial charge in [-0.15, -0.1) is 0 Å². The van der Waals surface area contributed by atoms with Crippen LogP contribution < -0.4 is 15.2 Å². The fraction of sp³-hybridized carbons (Fsp3) is 0.316. The van der Waals surface area contributed by atoms with Gasteiger partial charge in [-0.1, -0.05) is 30.3 Å². The maximum Gasteiger partial charge on any atom is 0.347 e. The fourth-order valence-electron chi connectivity index (χ4n) is 2.18. The molecule has 0 bridgehead atoms. The van der Waals surface area contributed by atoms with Crippen LogP contribution in [0.3, 0.4) is 0 Å². The lowest BCUT2D eigenvalue weighted by Gasteiger charge is -2.18. The predicted octanol–water partition coefficient (Wildman–Crippen LogP) is 2.58. The van der Waals surface area contributed by atoms with Crippen molar-refractivity contribution in [2.75, 3.05) is 19.8 Å². The van der Waals surface area contributed by atoms with Gasteiger partial charge in [0.25, 0.3) is 0 Å². The van der Waals surface area contributed by atoms with E-state index in [9.17, 15) is 4.79 Å². The Morgan fingerprint density at radius 2 is 1.75 bits per heavy atom. The zero-order valence-electron chi connectivity index (χ0n) is 13.8. The van der Waals surface area contributed by atoms with Crippen molar-refractivity contribution in [3.63, 3.8) is 0 Å². The third-order valence-electron chi connectivity index (χ3n) is 3.30. The average Bonchev–Trinajstić information content (AvgIpc) is 2.61. The summed E-state index contributed by atoms with van der Waals surface area (Å²) in [6.07, 6.45) is -0.270. The molecule has 5 heteroatoms. The Kier molecular flexibility index (Phi) is 7.11. The van der Waals surface area contributed by atoms with Crippen molar-refractivity contribution >= 4 is 5.97 Å². The molecule has 1 atom stereocenters. The summed E-state index contributed by atoms with van der Waals surface area (Å²) in [6.45, 7) is 3.04. The number of ether oxygens (including phenoxy) is 3. The Morgan fingerprint density at radius 3 is 2.38 bits per heavy atom. The van der Waals surface area contributed by atoms with E-state index < -0.39 is 6.10 Å². The van der Waals surface area contributed by atoms with Crippen molar-refractivity contribution in [2.45, 2.75) is 19.4 Å². The first-order valence-electron chi connectivity index (χ1n) is 8.03. The summed E-state index contributed by atoms with van der Waals surface area (Å²) in [4.78, 5) is 12.2. The molecule has 2 N–H and O–H groups in total. The van der Waals surface area contributed by atoms with E-state index in [-0.39, 0.29) is 5.97 Å². The van der Waals surface area contributed by atoms with Crippen molar-refractivity contribution in [2.24, 2.45) is 5.73 Å². The smallest absolute Gasteiger partial charge is 0.347 e. The summed E-state index contributed by atoms with van der Waals surface area (Å²) < 4.78 is 16.4. The van der Waals surface area contributed by atoms with Crippen molar-refractivity contribution in [1.29, 1.82) is 0 Å². The van der Waals surface area contributed by atoms with Crippen LogP contribution in [0, 0.1) is 0 Å². The number of carbonyl (C=O) groups excluding carboxylic acids is 1. The summed E-state index contributed by atoms with van der Waals surface area (Å²) in [5.41, 5.74) is 6.38. The van der Waals surface area contributed by atoms with E-state index in [0.29, 0.717) is 31.9 Å². The number of esters is 1. The van der Waals surface area contributed by atoms with E-state index in [0.717, 1.165) is 11.3 Å². The second-order valence-electron chi connectivity index (χ2n) is 5.16. The van der Waals surface area contributed by atoms with Gasteiger partial charge in [-0.2, -0.15) is 0 Å². The number of para-hydroxylation sites is 1. The molecule has 0 amide bonds. The van der Waals surface area contributed by atoms with E-state index in [1.54, 1.807) is 6.92 Å². The van der Waals surface area contributed by atoms with Gasteiger partial charge in [-0.25, -0.2) is 4.79 Å². The van der Waals surface area contributed by atoms with Gasteiger partial charge in [0.05, 0.1) is 6.61 Å². The quantitative estimate of drug-likeness (QED) is 0.716. The molecule has 0 aliphatic rings. The maximum atomic E-state index is 12.2. The lowest BCUT2D eigenvalue weighted by Crippen LogP contribution is -2.31. The molecule has 1 unspecified atom stereocenters. The van der Waals surface area contributed by atoms with Crippen LogP contribution in [-0.4, -0.2) is 31.8 Å². The highest BCUT2D eigenvalue weighted by Gasteiger charge is 2.22. The summed E-state index contributed by atoms with van der Waals surface area (Å²) in [5, 5.41) is 0. The number of benzene rings is 2. The fourth-order valence-corrected chi connectivity index (χ4v) is 2.18. The van der Waals surface area contributed by atoms with Gasteiger partial charge in [-0.05, 0) is 36.8 Å². The summed E-state index contributed by atoms with van der Waals surface area (Å²) in [7, 11) is 0. The largest absolute Gasteiger partial charge is 0.492 e. The van der Waals surface area contributed by atoms with Gasteiger partial charge in [0.2, 0.25) is 0 Å². The predicted molar refractivity (Wildman–Crippen MR) is 92.2 cm³/mol. The number of carbonyl (C=O) groups is 1. The molecular weight excluding hydrogens is 306 g/mol. The Labute approximate surface area is 142 Å². The molecule has 5 nitrogen and oxygen atoms in total. The third-order valence-corrected chi connectivity index (χ3v) is 3.30. The SMILES string of the molecule is CCOC(=O)C(Cc1ccc(OCCN)cc1)Oc1ccccc1. The number of hydrogen-bond donors (Lipinski definition) is 1. The highest BCUT2D eigenvalue weighted by atomic mass is 16.6. The van der Waals surface area contributed by atoms with E-state index >= 15 is 0 Å². The standard InChI is InChI=1S/C19H23NO4/c1-2-22-19(21)18(24-17-6-4-3-5-7-17)14-15-8-10-16(11-9-15)23-13-12-20/h3-11,18H,2,12-14,20H2,1H3. The molecule has 0 spiro atoms. The topological polar surface area (TPSA) is 70.8 Å². The minimum absolute atomic E-state index is 0.319. The number of nitrogens with two attached hydrogens (primary N) is 1. The van der Waals surface area contributed by atoms with Crippen molar-refractivity contribution in [3.8, 4) is 11.5 Å². The highest BCUT2D eigenvalue weighted by Crippen LogP contribution is 2.17. The first kappa shape index (κ1) is 17.8. The molecule has 128 valence electrons. The van der Waals surface area contributed by atoms with Crippen LogP contribution >= 0.6 is 0 Å². The molecule has 0 fully saturated rings. The number of rotatable bonds is 9. The van der Waals surface area contributed by atoms with Gasteiger partial charge in [0.15, 0.2) is 6.10 Å². The van der Waals surface area contributed by atoms with Crippen LogP contribution in [0.5, 0.6) is 11.5 Å². The van der Waals surface area contributed by atoms with Gasteiger partial charge < -0.3 is 19.9 Å². The van der Waals surface area contributed by atoms with Crippen LogP contribution in [0.4, 0.5) is 0 Å². The Bertz CT molecular complexity index is 613.